The van der Waals surface area contributed by atoms with Gasteiger partial charge in [-0.2, -0.15) is 0 Å². The SMILES string of the molecule is C[C@H](CCCO)[C@H]1CC[C@H]2C3=CCC4CC(O)CC[C@]4(C)[C@H]3CC(O)[C@]12C. The lowest BCUT2D eigenvalue weighted by atomic mass is 9.47. The van der Waals surface area contributed by atoms with Crippen molar-refractivity contribution in [3.63, 3.8) is 0 Å². The van der Waals surface area contributed by atoms with Crippen LogP contribution in [-0.4, -0.2) is 34.1 Å². The van der Waals surface area contributed by atoms with E-state index in [1.807, 2.05) is 0 Å². The Labute approximate surface area is 165 Å². The second-order valence-electron chi connectivity index (χ2n) is 10.8. The van der Waals surface area contributed by atoms with Gasteiger partial charge in [0.05, 0.1) is 12.2 Å². The maximum Gasteiger partial charge on any atom is 0.0608 e. The lowest BCUT2D eigenvalue weighted by molar-refractivity contribution is -0.102. The summed E-state index contributed by atoms with van der Waals surface area (Å²) in [5.74, 6) is 2.73. The average Bonchev–Trinajstić information content (AvgIpc) is 3.00. The van der Waals surface area contributed by atoms with Gasteiger partial charge in [0.2, 0.25) is 0 Å². The monoisotopic (exact) mass is 376 g/mol. The summed E-state index contributed by atoms with van der Waals surface area (Å²) >= 11 is 0. The van der Waals surface area contributed by atoms with Crippen molar-refractivity contribution in [1.29, 1.82) is 0 Å². The lowest BCUT2D eigenvalue weighted by Crippen LogP contribution is -2.55. The molecule has 3 saturated carbocycles. The highest BCUT2D eigenvalue weighted by Gasteiger charge is 2.61. The van der Waals surface area contributed by atoms with Gasteiger partial charge in [0.25, 0.3) is 0 Å². The van der Waals surface area contributed by atoms with Crippen LogP contribution in [0.4, 0.5) is 0 Å². The molecule has 4 aliphatic carbocycles. The highest BCUT2D eigenvalue weighted by Crippen LogP contribution is 2.66. The van der Waals surface area contributed by atoms with E-state index in [1.165, 1.54) is 12.8 Å². The van der Waals surface area contributed by atoms with Gasteiger partial charge in [-0.1, -0.05) is 32.4 Å². The molecular weight excluding hydrogens is 336 g/mol. The Bertz CT molecular complexity index is 586. The minimum Gasteiger partial charge on any atom is -0.396 e. The molecule has 0 aromatic heterocycles. The molecule has 4 rings (SSSR count). The summed E-state index contributed by atoms with van der Waals surface area (Å²) in [6.07, 6.45) is 11.6. The molecule has 3 fully saturated rings. The van der Waals surface area contributed by atoms with E-state index >= 15 is 0 Å². The van der Waals surface area contributed by atoms with Gasteiger partial charge < -0.3 is 15.3 Å². The van der Waals surface area contributed by atoms with Crippen LogP contribution in [-0.2, 0) is 0 Å². The van der Waals surface area contributed by atoms with Crippen molar-refractivity contribution in [2.45, 2.75) is 90.8 Å². The fourth-order valence-corrected chi connectivity index (χ4v) is 8.03. The molecule has 3 N–H and O–H groups in total. The molecule has 0 heterocycles. The van der Waals surface area contributed by atoms with Crippen molar-refractivity contribution in [1.82, 2.24) is 0 Å². The van der Waals surface area contributed by atoms with Crippen LogP contribution in [0.1, 0.15) is 78.6 Å². The summed E-state index contributed by atoms with van der Waals surface area (Å²) in [7, 11) is 0. The van der Waals surface area contributed by atoms with Gasteiger partial charge in [-0.05, 0) is 92.8 Å². The number of aliphatic hydroxyl groups is 3. The summed E-state index contributed by atoms with van der Waals surface area (Å²) in [5, 5.41) is 30.9. The molecule has 0 radical (unpaired) electrons. The average molecular weight is 377 g/mol. The van der Waals surface area contributed by atoms with E-state index < -0.39 is 0 Å². The van der Waals surface area contributed by atoms with E-state index in [4.69, 9.17) is 0 Å². The van der Waals surface area contributed by atoms with E-state index in [-0.39, 0.29) is 29.6 Å². The summed E-state index contributed by atoms with van der Waals surface area (Å²) in [4.78, 5) is 0. The number of rotatable bonds is 4. The summed E-state index contributed by atoms with van der Waals surface area (Å²) < 4.78 is 0. The van der Waals surface area contributed by atoms with Crippen LogP contribution < -0.4 is 0 Å². The van der Waals surface area contributed by atoms with Crippen LogP contribution in [0.5, 0.6) is 0 Å². The van der Waals surface area contributed by atoms with Crippen LogP contribution in [0.2, 0.25) is 0 Å². The van der Waals surface area contributed by atoms with Gasteiger partial charge in [0.15, 0.2) is 0 Å². The first kappa shape index (κ1) is 19.9. The second kappa shape index (κ2) is 7.15. The van der Waals surface area contributed by atoms with Crippen molar-refractivity contribution in [3.05, 3.63) is 11.6 Å². The zero-order valence-corrected chi connectivity index (χ0v) is 17.5. The maximum atomic E-state index is 11.5. The Kier molecular flexibility index (Phi) is 5.27. The van der Waals surface area contributed by atoms with E-state index in [0.717, 1.165) is 44.9 Å². The van der Waals surface area contributed by atoms with Crippen molar-refractivity contribution >= 4 is 0 Å². The third-order valence-electron chi connectivity index (χ3n) is 9.74. The smallest absolute Gasteiger partial charge is 0.0608 e. The zero-order valence-electron chi connectivity index (χ0n) is 17.5. The van der Waals surface area contributed by atoms with E-state index in [2.05, 4.69) is 26.8 Å². The fraction of sp³-hybridized carbons (Fsp3) is 0.917. The Balaban J connectivity index is 1.62. The van der Waals surface area contributed by atoms with Crippen molar-refractivity contribution in [3.8, 4) is 0 Å². The molecule has 3 nitrogen and oxygen atoms in total. The molecular formula is C24H40O3. The molecule has 3 heteroatoms. The zero-order chi connectivity index (χ0) is 19.4. The van der Waals surface area contributed by atoms with Crippen LogP contribution in [0.25, 0.3) is 0 Å². The molecule has 0 bridgehead atoms. The van der Waals surface area contributed by atoms with Gasteiger partial charge in [-0.25, -0.2) is 0 Å². The Hall–Kier alpha value is -0.380. The normalized spacial score (nSPS) is 50.4. The van der Waals surface area contributed by atoms with Gasteiger partial charge >= 0.3 is 0 Å². The van der Waals surface area contributed by atoms with Crippen molar-refractivity contribution in [2.75, 3.05) is 6.61 Å². The molecule has 27 heavy (non-hydrogen) atoms. The second-order valence-corrected chi connectivity index (χ2v) is 10.8. The molecule has 0 amide bonds. The standard InChI is InChI=1S/C24H40O3/c1-15(5-4-12-25)19-8-9-20-18-7-6-16-13-17(26)10-11-23(16,2)21(18)14-22(27)24(19,20)3/h7,15-17,19-22,25-27H,4-6,8-14H2,1-3H3/t15-,16?,17?,19-,20+,21+,22?,23+,24-/m1/s1. The van der Waals surface area contributed by atoms with E-state index in [9.17, 15) is 15.3 Å². The Morgan fingerprint density at radius 1 is 1.11 bits per heavy atom. The largest absolute Gasteiger partial charge is 0.396 e. The topological polar surface area (TPSA) is 60.7 Å². The quantitative estimate of drug-likeness (QED) is 0.641. The number of hydrogen-bond donors (Lipinski definition) is 3. The Morgan fingerprint density at radius 3 is 2.63 bits per heavy atom. The van der Waals surface area contributed by atoms with Gasteiger partial charge in [0, 0.05) is 12.0 Å². The first-order valence-corrected chi connectivity index (χ1v) is 11.5. The molecule has 3 unspecified atom stereocenters. The summed E-state index contributed by atoms with van der Waals surface area (Å²) in [5.41, 5.74) is 1.91. The van der Waals surface area contributed by atoms with Gasteiger partial charge in [-0.3, -0.25) is 0 Å². The minimum atomic E-state index is -0.226. The molecule has 154 valence electrons. The molecule has 0 saturated heterocycles. The van der Waals surface area contributed by atoms with Crippen molar-refractivity contribution in [2.24, 2.45) is 40.4 Å². The van der Waals surface area contributed by atoms with E-state index in [1.54, 1.807) is 5.57 Å². The predicted octanol–water partition coefficient (Wildman–Crippen LogP) is 4.31. The highest BCUT2D eigenvalue weighted by molar-refractivity contribution is 5.29. The summed E-state index contributed by atoms with van der Waals surface area (Å²) in [6, 6.07) is 0. The molecule has 4 aliphatic rings. The Morgan fingerprint density at radius 2 is 1.89 bits per heavy atom. The number of aliphatic hydroxyl groups excluding tert-OH is 3. The van der Waals surface area contributed by atoms with E-state index in [0.29, 0.717) is 29.6 Å². The molecule has 0 spiro atoms. The summed E-state index contributed by atoms with van der Waals surface area (Å²) in [6.45, 7) is 7.43. The molecule has 0 aromatic carbocycles. The third-order valence-corrected chi connectivity index (χ3v) is 9.74. The molecule has 0 aromatic rings. The first-order chi connectivity index (χ1) is 12.8. The fourth-order valence-electron chi connectivity index (χ4n) is 8.03. The van der Waals surface area contributed by atoms with Crippen LogP contribution in [0.15, 0.2) is 11.6 Å². The minimum absolute atomic E-state index is 0.00537. The number of fused-ring (bicyclic) bond motifs is 5. The van der Waals surface area contributed by atoms with Gasteiger partial charge in [0.1, 0.15) is 0 Å². The first-order valence-electron chi connectivity index (χ1n) is 11.5. The highest BCUT2D eigenvalue weighted by atomic mass is 16.3. The van der Waals surface area contributed by atoms with Crippen molar-refractivity contribution < 1.29 is 15.3 Å². The third kappa shape index (κ3) is 2.95. The molecule has 0 aliphatic heterocycles. The lowest BCUT2D eigenvalue weighted by Gasteiger charge is -2.59. The maximum absolute atomic E-state index is 11.5. The predicted molar refractivity (Wildman–Crippen MR) is 108 cm³/mol. The number of allylic oxidation sites excluding steroid dienone is 2. The molecule has 9 atom stereocenters. The van der Waals surface area contributed by atoms with Crippen LogP contribution >= 0.6 is 0 Å². The van der Waals surface area contributed by atoms with Gasteiger partial charge in [-0.15, -0.1) is 0 Å². The number of hydrogen-bond acceptors (Lipinski definition) is 3. The van der Waals surface area contributed by atoms with Crippen LogP contribution in [0.3, 0.4) is 0 Å². The van der Waals surface area contributed by atoms with Crippen LogP contribution in [0, 0.1) is 40.4 Å².